The van der Waals surface area contributed by atoms with Gasteiger partial charge in [-0.3, -0.25) is 24.3 Å². The first-order valence-electron chi connectivity index (χ1n) is 11.9. The molecule has 0 aliphatic carbocycles. The number of amides is 2. The number of nitro benzene ring substituents is 1. The lowest BCUT2D eigenvalue weighted by Gasteiger charge is -2.12. The van der Waals surface area contributed by atoms with Gasteiger partial charge in [0.1, 0.15) is 5.82 Å². The van der Waals surface area contributed by atoms with Gasteiger partial charge in [0.15, 0.2) is 11.0 Å². The number of anilines is 1. The molecule has 0 fully saturated rings. The summed E-state index contributed by atoms with van der Waals surface area (Å²) in [6, 6.07) is 15.7. The lowest BCUT2D eigenvalue weighted by atomic mass is 10.1. The number of rotatable bonds is 9. The molecule has 0 aliphatic heterocycles. The van der Waals surface area contributed by atoms with Gasteiger partial charge in [0.2, 0.25) is 5.91 Å². The number of aryl methyl sites for hydroxylation is 2. The smallest absolute Gasteiger partial charge is 0.273 e. The van der Waals surface area contributed by atoms with E-state index in [4.69, 9.17) is 0 Å². The van der Waals surface area contributed by atoms with Crippen LogP contribution in [0.4, 0.5) is 15.8 Å². The van der Waals surface area contributed by atoms with Gasteiger partial charge in [-0.1, -0.05) is 30.0 Å². The molecule has 4 aromatic rings. The van der Waals surface area contributed by atoms with Crippen molar-refractivity contribution in [1.82, 2.24) is 20.1 Å². The van der Waals surface area contributed by atoms with Gasteiger partial charge < -0.3 is 10.6 Å². The Morgan fingerprint density at radius 2 is 1.79 bits per heavy atom. The SMILES string of the molecule is Cc1ccc(C)c(NC(=O)CSc2nnc(CNC(=O)c3cccc([N+](=O)[O-])c3C)n2-c2ccc(F)cc2)c1. The van der Waals surface area contributed by atoms with Crippen molar-refractivity contribution in [2.75, 3.05) is 11.1 Å². The van der Waals surface area contributed by atoms with Crippen molar-refractivity contribution < 1.29 is 18.9 Å². The summed E-state index contributed by atoms with van der Waals surface area (Å²) in [6.07, 6.45) is 0. The summed E-state index contributed by atoms with van der Waals surface area (Å²) < 4.78 is 15.2. The Kier molecular flexibility index (Phi) is 8.35. The summed E-state index contributed by atoms with van der Waals surface area (Å²) in [7, 11) is 0. The Balaban J connectivity index is 1.53. The van der Waals surface area contributed by atoms with E-state index >= 15 is 0 Å². The number of nitrogens with one attached hydrogen (secondary N) is 2. The molecular weight excluding hydrogens is 523 g/mol. The predicted octanol–water partition coefficient (Wildman–Crippen LogP) is 4.90. The first-order valence-corrected chi connectivity index (χ1v) is 12.8. The van der Waals surface area contributed by atoms with Crippen LogP contribution in [0.2, 0.25) is 0 Å². The van der Waals surface area contributed by atoms with Crippen LogP contribution in [0, 0.1) is 36.7 Å². The van der Waals surface area contributed by atoms with Crippen molar-refractivity contribution >= 4 is 35.0 Å². The van der Waals surface area contributed by atoms with E-state index in [1.165, 1.54) is 49.4 Å². The molecule has 200 valence electrons. The minimum absolute atomic E-state index is 0.0337. The van der Waals surface area contributed by atoms with Crippen LogP contribution in [0.15, 0.2) is 65.8 Å². The standard InChI is InChI=1S/C27H25FN6O4S/c1-16-7-8-17(2)22(13-16)30-25(35)15-39-27-32-31-24(33(27)20-11-9-19(28)10-12-20)14-29-26(36)21-5-4-6-23(18(21)3)34(37)38/h4-13H,14-15H2,1-3H3,(H,29,36)(H,30,35). The highest BCUT2D eigenvalue weighted by molar-refractivity contribution is 7.99. The third kappa shape index (κ3) is 6.47. The van der Waals surface area contributed by atoms with E-state index in [1.54, 1.807) is 4.57 Å². The molecule has 12 heteroatoms. The molecule has 1 heterocycles. The van der Waals surface area contributed by atoms with E-state index < -0.39 is 16.6 Å². The van der Waals surface area contributed by atoms with Crippen LogP contribution in [0.1, 0.15) is 32.9 Å². The molecule has 39 heavy (non-hydrogen) atoms. The van der Waals surface area contributed by atoms with Crippen molar-refractivity contribution in [2.24, 2.45) is 0 Å². The number of carbonyl (C=O) groups excluding carboxylic acids is 2. The molecular formula is C27H25FN6O4S. The third-order valence-electron chi connectivity index (χ3n) is 5.94. The topological polar surface area (TPSA) is 132 Å². The van der Waals surface area contributed by atoms with Crippen LogP contribution in [0.25, 0.3) is 5.69 Å². The monoisotopic (exact) mass is 548 g/mol. The maximum atomic E-state index is 13.6. The van der Waals surface area contributed by atoms with Gasteiger partial charge in [0, 0.05) is 28.6 Å². The number of benzene rings is 3. The first kappa shape index (κ1) is 27.5. The van der Waals surface area contributed by atoms with Crippen LogP contribution < -0.4 is 10.6 Å². The summed E-state index contributed by atoms with van der Waals surface area (Å²) in [6.45, 7) is 5.28. The largest absolute Gasteiger partial charge is 0.345 e. The van der Waals surface area contributed by atoms with Crippen LogP contribution in [0.5, 0.6) is 0 Å². The Hall–Kier alpha value is -4.58. The lowest BCUT2D eigenvalue weighted by Crippen LogP contribution is -2.25. The van der Waals surface area contributed by atoms with E-state index in [0.717, 1.165) is 28.6 Å². The van der Waals surface area contributed by atoms with Gasteiger partial charge in [-0.25, -0.2) is 4.39 Å². The van der Waals surface area contributed by atoms with Crippen LogP contribution in [0.3, 0.4) is 0 Å². The summed E-state index contributed by atoms with van der Waals surface area (Å²) in [5, 5.41) is 25.6. The molecule has 1 aromatic heterocycles. The van der Waals surface area contributed by atoms with Crippen molar-refractivity contribution in [3.8, 4) is 5.69 Å². The quantitative estimate of drug-likeness (QED) is 0.173. The third-order valence-corrected chi connectivity index (χ3v) is 6.87. The number of nitro groups is 1. The van der Waals surface area contributed by atoms with Gasteiger partial charge in [-0.15, -0.1) is 10.2 Å². The van der Waals surface area contributed by atoms with Crippen LogP contribution in [-0.4, -0.2) is 37.3 Å². The van der Waals surface area contributed by atoms with Crippen LogP contribution >= 0.6 is 11.8 Å². The molecule has 0 saturated heterocycles. The fourth-order valence-corrected chi connectivity index (χ4v) is 4.64. The molecule has 0 saturated carbocycles. The summed E-state index contributed by atoms with van der Waals surface area (Å²) in [5.41, 5.74) is 3.46. The van der Waals surface area contributed by atoms with Gasteiger partial charge in [0.05, 0.1) is 17.2 Å². The average molecular weight is 549 g/mol. The van der Waals surface area contributed by atoms with Gasteiger partial charge in [0.25, 0.3) is 11.6 Å². The minimum Gasteiger partial charge on any atom is -0.345 e. The number of thioether (sulfide) groups is 1. The molecule has 10 nitrogen and oxygen atoms in total. The van der Waals surface area contributed by atoms with Gasteiger partial charge in [-0.2, -0.15) is 0 Å². The first-order chi connectivity index (χ1) is 18.6. The zero-order valence-corrected chi connectivity index (χ0v) is 22.2. The Morgan fingerprint density at radius 1 is 1.05 bits per heavy atom. The Bertz CT molecular complexity index is 1550. The molecule has 3 aromatic carbocycles. The number of hydrogen-bond acceptors (Lipinski definition) is 7. The van der Waals surface area contributed by atoms with E-state index in [0.29, 0.717) is 16.7 Å². The van der Waals surface area contributed by atoms with Crippen molar-refractivity contribution in [3.05, 3.63) is 105 Å². The fraction of sp³-hybridized carbons (Fsp3) is 0.185. The lowest BCUT2D eigenvalue weighted by molar-refractivity contribution is -0.385. The second-order valence-electron chi connectivity index (χ2n) is 8.76. The van der Waals surface area contributed by atoms with E-state index in [2.05, 4.69) is 20.8 Å². The highest BCUT2D eigenvalue weighted by Crippen LogP contribution is 2.24. The van der Waals surface area contributed by atoms with Crippen molar-refractivity contribution in [3.63, 3.8) is 0 Å². The van der Waals surface area contributed by atoms with Crippen LogP contribution in [-0.2, 0) is 11.3 Å². The molecule has 0 unspecified atom stereocenters. The number of carbonyl (C=O) groups is 2. The van der Waals surface area contributed by atoms with E-state index in [-0.39, 0.29) is 35.0 Å². The number of nitrogens with zero attached hydrogens (tertiary/aromatic N) is 4. The molecule has 4 rings (SSSR count). The number of hydrogen-bond donors (Lipinski definition) is 2. The van der Waals surface area contributed by atoms with Gasteiger partial charge in [-0.05, 0) is 68.3 Å². The second-order valence-corrected chi connectivity index (χ2v) is 9.70. The summed E-state index contributed by atoms with van der Waals surface area (Å²) in [5.74, 6) is -0.822. The van der Waals surface area contributed by atoms with Crippen molar-refractivity contribution in [2.45, 2.75) is 32.5 Å². The molecule has 0 aliphatic rings. The van der Waals surface area contributed by atoms with Gasteiger partial charge >= 0.3 is 0 Å². The minimum atomic E-state index is -0.544. The Labute approximate surface area is 227 Å². The van der Waals surface area contributed by atoms with E-state index in [9.17, 15) is 24.1 Å². The number of aromatic nitrogens is 3. The predicted molar refractivity (Wildman–Crippen MR) is 146 cm³/mol. The zero-order valence-electron chi connectivity index (χ0n) is 21.4. The van der Waals surface area contributed by atoms with E-state index in [1.807, 2.05) is 32.0 Å². The normalized spacial score (nSPS) is 10.8. The summed E-state index contributed by atoms with van der Waals surface area (Å²) in [4.78, 5) is 36.2. The Morgan fingerprint density at radius 3 is 2.51 bits per heavy atom. The summed E-state index contributed by atoms with van der Waals surface area (Å²) >= 11 is 1.14. The highest BCUT2D eigenvalue weighted by atomic mass is 32.2. The maximum Gasteiger partial charge on any atom is 0.273 e. The molecule has 0 atom stereocenters. The molecule has 0 spiro atoms. The highest BCUT2D eigenvalue weighted by Gasteiger charge is 2.20. The second kappa shape index (κ2) is 11.9. The fourth-order valence-electron chi connectivity index (χ4n) is 3.87. The van der Waals surface area contributed by atoms with Crippen molar-refractivity contribution in [1.29, 1.82) is 0 Å². The molecule has 0 radical (unpaired) electrons. The molecule has 0 bridgehead atoms. The zero-order chi connectivity index (χ0) is 28.1. The molecule has 2 N–H and O–H groups in total. The average Bonchev–Trinajstić information content (AvgIpc) is 3.31. The maximum absolute atomic E-state index is 13.6. The molecule has 2 amide bonds. The number of halogens is 1.